The maximum Gasteiger partial charge on any atom is 0.0408 e. The van der Waals surface area contributed by atoms with Crippen molar-refractivity contribution < 1.29 is 0 Å². The van der Waals surface area contributed by atoms with E-state index in [0.717, 1.165) is 5.02 Å². The van der Waals surface area contributed by atoms with E-state index in [9.17, 15) is 0 Å². The van der Waals surface area contributed by atoms with Crippen LogP contribution in [-0.4, -0.2) is 0 Å². The number of hydrogen-bond acceptors (Lipinski definition) is 0. The molecule has 0 N–H and O–H groups in total. The fraction of sp³-hybridized carbons (Fsp3) is 0.188. The lowest BCUT2D eigenvalue weighted by atomic mass is 9.83. The van der Waals surface area contributed by atoms with Crippen LogP contribution in [0.15, 0.2) is 54.6 Å². The molecule has 0 fully saturated rings. The molecule has 2 aromatic rings. The Morgan fingerprint density at radius 2 is 1.59 bits per heavy atom. The molecule has 0 aliphatic rings. The standard InChI is InChI=1S/C16H16Cl/c1-12(2)16(13-7-4-3-5-8-13)14-9-6-10-15(17)11-14/h3-12,16H,1H2,2H3. The first-order valence-electron chi connectivity index (χ1n) is 5.82. The average molecular weight is 244 g/mol. The highest BCUT2D eigenvalue weighted by Crippen LogP contribution is 2.32. The van der Waals surface area contributed by atoms with E-state index in [1.807, 2.05) is 24.3 Å². The molecule has 0 aliphatic carbocycles. The zero-order valence-electron chi connectivity index (χ0n) is 9.94. The molecule has 0 nitrogen and oxygen atoms in total. The molecule has 0 bridgehead atoms. The van der Waals surface area contributed by atoms with E-state index < -0.39 is 0 Å². The maximum atomic E-state index is 6.06. The summed E-state index contributed by atoms with van der Waals surface area (Å²) in [5, 5.41) is 0.782. The van der Waals surface area contributed by atoms with Crippen molar-refractivity contribution in [3.63, 3.8) is 0 Å². The molecular formula is C16H16Cl. The van der Waals surface area contributed by atoms with Gasteiger partial charge in [0.1, 0.15) is 0 Å². The summed E-state index contributed by atoms with van der Waals surface area (Å²) < 4.78 is 0. The number of benzene rings is 2. The minimum absolute atomic E-state index is 0.301. The second kappa shape index (κ2) is 5.37. The minimum atomic E-state index is 0.301. The zero-order chi connectivity index (χ0) is 12.3. The Balaban J connectivity index is 2.43. The minimum Gasteiger partial charge on any atom is -0.0843 e. The SMILES string of the molecule is [CH2]C(C)C(c1ccccc1)c1cccc(Cl)c1. The first kappa shape index (κ1) is 12.2. The van der Waals surface area contributed by atoms with Gasteiger partial charge in [0.2, 0.25) is 0 Å². The Morgan fingerprint density at radius 3 is 2.18 bits per heavy atom. The zero-order valence-corrected chi connectivity index (χ0v) is 10.7. The molecule has 1 heteroatoms. The van der Waals surface area contributed by atoms with Crippen molar-refractivity contribution in [1.82, 2.24) is 0 Å². The highest BCUT2D eigenvalue weighted by atomic mass is 35.5. The number of rotatable bonds is 3. The lowest BCUT2D eigenvalue weighted by molar-refractivity contribution is 0.620. The predicted octanol–water partition coefficient (Wildman–Crippen LogP) is 4.94. The third-order valence-corrected chi connectivity index (χ3v) is 3.17. The highest BCUT2D eigenvalue weighted by Gasteiger charge is 2.17. The van der Waals surface area contributed by atoms with Gasteiger partial charge < -0.3 is 0 Å². The largest absolute Gasteiger partial charge is 0.0843 e. The van der Waals surface area contributed by atoms with Crippen molar-refractivity contribution in [2.24, 2.45) is 5.92 Å². The van der Waals surface area contributed by atoms with Crippen LogP contribution in [0.4, 0.5) is 0 Å². The van der Waals surface area contributed by atoms with E-state index in [4.69, 9.17) is 11.6 Å². The van der Waals surface area contributed by atoms with Gasteiger partial charge in [0.15, 0.2) is 0 Å². The Kier molecular flexibility index (Phi) is 3.86. The maximum absolute atomic E-state index is 6.06. The van der Waals surface area contributed by atoms with Crippen molar-refractivity contribution in [2.45, 2.75) is 12.8 Å². The van der Waals surface area contributed by atoms with E-state index >= 15 is 0 Å². The van der Waals surface area contributed by atoms with Crippen LogP contribution in [0.1, 0.15) is 24.0 Å². The van der Waals surface area contributed by atoms with Crippen LogP contribution in [0.2, 0.25) is 5.02 Å². The summed E-state index contributed by atoms with van der Waals surface area (Å²) in [5.74, 6) is 0.603. The van der Waals surface area contributed by atoms with Crippen LogP contribution in [0.5, 0.6) is 0 Å². The van der Waals surface area contributed by atoms with Crippen LogP contribution in [0, 0.1) is 12.8 Å². The summed E-state index contributed by atoms with van der Waals surface area (Å²) in [7, 11) is 0. The quantitative estimate of drug-likeness (QED) is 0.716. The third-order valence-electron chi connectivity index (χ3n) is 2.94. The summed E-state index contributed by atoms with van der Waals surface area (Å²) in [6.07, 6.45) is 0. The highest BCUT2D eigenvalue weighted by molar-refractivity contribution is 6.30. The van der Waals surface area contributed by atoms with Crippen molar-refractivity contribution in [1.29, 1.82) is 0 Å². The monoisotopic (exact) mass is 243 g/mol. The lowest BCUT2D eigenvalue weighted by Crippen LogP contribution is -2.08. The van der Waals surface area contributed by atoms with E-state index in [0.29, 0.717) is 11.8 Å². The van der Waals surface area contributed by atoms with E-state index in [1.54, 1.807) is 0 Å². The Hall–Kier alpha value is -1.27. The number of hydrogen-bond donors (Lipinski definition) is 0. The molecule has 2 unspecified atom stereocenters. The fourth-order valence-electron chi connectivity index (χ4n) is 2.21. The molecule has 17 heavy (non-hydrogen) atoms. The molecule has 0 amide bonds. The summed E-state index contributed by atoms with van der Waals surface area (Å²) in [4.78, 5) is 0. The van der Waals surface area contributed by atoms with Gasteiger partial charge in [-0.1, -0.05) is 61.0 Å². The van der Waals surface area contributed by atoms with Crippen molar-refractivity contribution >= 4 is 11.6 Å². The van der Waals surface area contributed by atoms with Crippen molar-refractivity contribution in [3.05, 3.63) is 77.7 Å². The smallest absolute Gasteiger partial charge is 0.0408 e. The molecule has 0 heterocycles. The van der Waals surface area contributed by atoms with Gasteiger partial charge in [0.05, 0.1) is 0 Å². The molecule has 87 valence electrons. The Morgan fingerprint density at radius 1 is 0.941 bits per heavy atom. The second-order valence-electron chi connectivity index (χ2n) is 4.42. The Labute approximate surface area is 108 Å². The first-order chi connectivity index (χ1) is 8.18. The van der Waals surface area contributed by atoms with Gasteiger partial charge >= 0.3 is 0 Å². The lowest BCUT2D eigenvalue weighted by Gasteiger charge is -2.22. The van der Waals surface area contributed by atoms with E-state index in [-0.39, 0.29) is 0 Å². The van der Waals surface area contributed by atoms with Gasteiger partial charge in [-0.05, 0) is 36.1 Å². The molecule has 0 saturated heterocycles. The summed E-state index contributed by atoms with van der Waals surface area (Å²) in [5.41, 5.74) is 2.52. The molecule has 2 atom stereocenters. The van der Waals surface area contributed by atoms with Crippen molar-refractivity contribution in [2.75, 3.05) is 0 Å². The second-order valence-corrected chi connectivity index (χ2v) is 4.86. The average Bonchev–Trinajstić information content (AvgIpc) is 2.30. The molecule has 2 aromatic carbocycles. The van der Waals surface area contributed by atoms with Crippen LogP contribution < -0.4 is 0 Å². The predicted molar refractivity (Wildman–Crippen MR) is 74.3 cm³/mol. The van der Waals surface area contributed by atoms with Crippen LogP contribution in [0.3, 0.4) is 0 Å². The molecule has 0 aromatic heterocycles. The van der Waals surface area contributed by atoms with E-state index in [2.05, 4.69) is 44.2 Å². The summed E-state index contributed by atoms with van der Waals surface area (Å²) >= 11 is 6.06. The topological polar surface area (TPSA) is 0 Å². The summed E-state index contributed by atoms with van der Waals surface area (Å²) in [6, 6.07) is 18.5. The molecule has 2 rings (SSSR count). The molecule has 1 radical (unpaired) electrons. The van der Waals surface area contributed by atoms with Crippen molar-refractivity contribution in [3.8, 4) is 0 Å². The number of halogens is 1. The van der Waals surface area contributed by atoms with Gasteiger partial charge in [-0.3, -0.25) is 0 Å². The van der Waals surface area contributed by atoms with Gasteiger partial charge in [0.25, 0.3) is 0 Å². The third kappa shape index (κ3) is 2.89. The van der Waals surface area contributed by atoms with E-state index in [1.165, 1.54) is 11.1 Å². The molecule has 0 spiro atoms. The molecular weight excluding hydrogens is 228 g/mol. The summed E-state index contributed by atoms with van der Waals surface area (Å²) in [6.45, 7) is 6.32. The van der Waals surface area contributed by atoms with Gasteiger partial charge in [-0.2, -0.15) is 0 Å². The van der Waals surface area contributed by atoms with Gasteiger partial charge in [-0.15, -0.1) is 0 Å². The van der Waals surface area contributed by atoms with Gasteiger partial charge in [-0.25, -0.2) is 0 Å². The van der Waals surface area contributed by atoms with Crippen LogP contribution in [0.25, 0.3) is 0 Å². The molecule has 0 aliphatic heterocycles. The van der Waals surface area contributed by atoms with Crippen LogP contribution in [-0.2, 0) is 0 Å². The fourth-order valence-corrected chi connectivity index (χ4v) is 2.41. The van der Waals surface area contributed by atoms with Crippen LogP contribution >= 0.6 is 11.6 Å². The normalized spacial score (nSPS) is 12.7. The first-order valence-corrected chi connectivity index (χ1v) is 6.20. The van der Waals surface area contributed by atoms with Gasteiger partial charge in [0, 0.05) is 10.9 Å². The Bertz CT molecular complexity index is 474. The molecule has 0 saturated carbocycles.